The molecule has 3 heteroatoms. The standard InChI is InChI=1S/C12H21N3/c1-3-5-15-6-4-14-12(15)9-13-8-11-7-10(11)2/h4,6,10-11,13H,3,5,7-9H2,1-2H3. The molecule has 0 aliphatic heterocycles. The molecule has 0 bridgehead atoms. The Labute approximate surface area is 91.9 Å². The van der Waals surface area contributed by atoms with Crippen LogP contribution in [0, 0.1) is 11.8 Å². The Balaban J connectivity index is 1.74. The molecule has 0 radical (unpaired) electrons. The van der Waals surface area contributed by atoms with E-state index in [4.69, 9.17) is 0 Å². The topological polar surface area (TPSA) is 29.9 Å². The molecule has 1 saturated carbocycles. The largest absolute Gasteiger partial charge is 0.334 e. The van der Waals surface area contributed by atoms with Gasteiger partial charge in [0, 0.05) is 18.9 Å². The van der Waals surface area contributed by atoms with Crippen molar-refractivity contribution in [2.75, 3.05) is 6.54 Å². The smallest absolute Gasteiger partial charge is 0.122 e. The molecule has 2 atom stereocenters. The van der Waals surface area contributed by atoms with Crippen LogP contribution < -0.4 is 5.32 Å². The fourth-order valence-electron chi connectivity index (χ4n) is 2.00. The molecule has 1 aliphatic carbocycles. The summed E-state index contributed by atoms with van der Waals surface area (Å²) in [6, 6.07) is 0. The highest BCUT2D eigenvalue weighted by molar-refractivity contribution is 4.92. The van der Waals surface area contributed by atoms with Gasteiger partial charge in [0.1, 0.15) is 5.82 Å². The van der Waals surface area contributed by atoms with Gasteiger partial charge in [-0.2, -0.15) is 0 Å². The first-order chi connectivity index (χ1) is 7.31. The minimum atomic E-state index is 0.913. The first-order valence-electron chi connectivity index (χ1n) is 6.02. The molecule has 3 nitrogen and oxygen atoms in total. The van der Waals surface area contributed by atoms with Gasteiger partial charge in [-0.15, -0.1) is 0 Å². The fraction of sp³-hybridized carbons (Fsp3) is 0.750. The van der Waals surface area contributed by atoms with Crippen LogP contribution >= 0.6 is 0 Å². The zero-order chi connectivity index (χ0) is 10.7. The predicted molar refractivity (Wildman–Crippen MR) is 61.5 cm³/mol. The van der Waals surface area contributed by atoms with E-state index in [1.54, 1.807) is 0 Å². The first-order valence-corrected chi connectivity index (χ1v) is 6.02. The molecule has 1 aromatic heterocycles. The molecule has 1 aromatic rings. The summed E-state index contributed by atoms with van der Waals surface area (Å²) in [5.74, 6) is 3.03. The summed E-state index contributed by atoms with van der Waals surface area (Å²) in [5.41, 5.74) is 0. The number of nitrogens with one attached hydrogen (secondary N) is 1. The third kappa shape index (κ3) is 2.81. The van der Waals surface area contributed by atoms with Gasteiger partial charge in [-0.1, -0.05) is 13.8 Å². The van der Waals surface area contributed by atoms with Crippen LogP contribution in [0.15, 0.2) is 12.4 Å². The number of aromatic nitrogens is 2. The maximum atomic E-state index is 4.37. The quantitative estimate of drug-likeness (QED) is 0.773. The van der Waals surface area contributed by atoms with Crippen molar-refractivity contribution in [2.24, 2.45) is 11.8 Å². The molecule has 2 rings (SSSR count). The Morgan fingerprint density at radius 2 is 2.40 bits per heavy atom. The highest BCUT2D eigenvalue weighted by atomic mass is 15.1. The molecular formula is C12H21N3. The van der Waals surface area contributed by atoms with Gasteiger partial charge in [0.05, 0.1) is 6.54 Å². The van der Waals surface area contributed by atoms with E-state index in [0.29, 0.717) is 0 Å². The van der Waals surface area contributed by atoms with Gasteiger partial charge in [0.15, 0.2) is 0 Å². The number of hydrogen-bond donors (Lipinski definition) is 1. The molecule has 1 fully saturated rings. The molecule has 2 unspecified atom stereocenters. The third-order valence-corrected chi connectivity index (χ3v) is 3.23. The van der Waals surface area contributed by atoms with Crippen LogP contribution in [-0.2, 0) is 13.1 Å². The van der Waals surface area contributed by atoms with E-state index in [0.717, 1.165) is 31.5 Å². The molecular weight excluding hydrogens is 186 g/mol. The summed E-state index contributed by atoms with van der Waals surface area (Å²) in [5, 5.41) is 3.50. The summed E-state index contributed by atoms with van der Waals surface area (Å²) < 4.78 is 2.24. The molecule has 0 amide bonds. The molecule has 0 aromatic carbocycles. The van der Waals surface area contributed by atoms with Crippen molar-refractivity contribution in [3.63, 3.8) is 0 Å². The Kier molecular flexibility index (Phi) is 3.41. The molecule has 0 spiro atoms. The van der Waals surface area contributed by atoms with Gasteiger partial charge < -0.3 is 9.88 Å². The SMILES string of the molecule is CCCn1ccnc1CNCC1CC1C. The Morgan fingerprint density at radius 1 is 1.60 bits per heavy atom. The fourth-order valence-corrected chi connectivity index (χ4v) is 2.00. The Bertz CT molecular complexity index is 306. The summed E-state index contributed by atoms with van der Waals surface area (Å²) in [6.07, 6.45) is 6.53. The maximum Gasteiger partial charge on any atom is 0.122 e. The molecule has 15 heavy (non-hydrogen) atoms. The lowest BCUT2D eigenvalue weighted by Gasteiger charge is -2.07. The van der Waals surface area contributed by atoms with E-state index in [2.05, 4.69) is 34.9 Å². The van der Waals surface area contributed by atoms with E-state index >= 15 is 0 Å². The normalized spacial score (nSPS) is 24.4. The second-order valence-corrected chi connectivity index (χ2v) is 4.64. The second-order valence-electron chi connectivity index (χ2n) is 4.64. The van der Waals surface area contributed by atoms with Crippen molar-refractivity contribution < 1.29 is 0 Å². The monoisotopic (exact) mass is 207 g/mol. The summed E-state index contributed by atoms with van der Waals surface area (Å²) >= 11 is 0. The van der Waals surface area contributed by atoms with E-state index in [1.165, 1.54) is 18.7 Å². The van der Waals surface area contributed by atoms with Gasteiger partial charge >= 0.3 is 0 Å². The lowest BCUT2D eigenvalue weighted by atomic mass is 10.3. The lowest BCUT2D eigenvalue weighted by Crippen LogP contribution is -2.19. The summed E-state index contributed by atoms with van der Waals surface area (Å²) in [6.45, 7) is 7.67. The summed E-state index contributed by atoms with van der Waals surface area (Å²) in [4.78, 5) is 4.37. The predicted octanol–water partition coefficient (Wildman–Crippen LogP) is 2.04. The average molecular weight is 207 g/mol. The first kappa shape index (κ1) is 10.7. The van der Waals surface area contributed by atoms with Gasteiger partial charge in [-0.05, 0) is 31.2 Å². The Morgan fingerprint density at radius 3 is 3.07 bits per heavy atom. The molecule has 84 valence electrons. The Hall–Kier alpha value is -0.830. The minimum absolute atomic E-state index is 0.913. The molecule has 1 aliphatic rings. The number of rotatable bonds is 6. The van der Waals surface area contributed by atoms with E-state index in [1.807, 2.05) is 6.20 Å². The lowest BCUT2D eigenvalue weighted by molar-refractivity contribution is 0.561. The van der Waals surface area contributed by atoms with Crippen molar-refractivity contribution in [1.82, 2.24) is 14.9 Å². The van der Waals surface area contributed by atoms with Crippen molar-refractivity contribution >= 4 is 0 Å². The zero-order valence-electron chi connectivity index (χ0n) is 9.74. The van der Waals surface area contributed by atoms with Gasteiger partial charge in [-0.3, -0.25) is 0 Å². The second kappa shape index (κ2) is 4.79. The number of aryl methyl sites for hydroxylation is 1. The highest BCUT2D eigenvalue weighted by Gasteiger charge is 2.31. The van der Waals surface area contributed by atoms with E-state index < -0.39 is 0 Å². The van der Waals surface area contributed by atoms with Gasteiger partial charge in [0.25, 0.3) is 0 Å². The van der Waals surface area contributed by atoms with Crippen LogP contribution in [0.4, 0.5) is 0 Å². The van der Waals surface area contributed by atoms with E-state index in [-0.39, 0.29) is 0 Å². The third-order valence-electron chi connectivity index (χ3n) is 3.23. The number of nitrogens with zero attached hydrogens (tertiary/aromatic N) is 2. The zero-order valence-corrected chi connectivity index (χ0v) is 9.74. The van der Waals surface area contributed by atoms with E-state index in [9.17, 15) is 0 Å². The number of imidazole rings is 1. The van der Waals surface area contributed by atoms with Crippen LogP contribution in [0.3, 0.4) is 0 Å². The van der Waals surface area contributed by atoms with Gasteiger partial charge in [0.2, 0.25) is 0 Å². The average Bonchev–Trinajstić information content (AvgIpc) is 2.74. The van der Waals surface area contributed by atoms with Crippen molar-refractivity contribution in [3.05, 3.63) is 18.2 Å². The van der Waals surface area contributed by atoms with Gasteiger partial charge in [-0.25, -0.2) is 4.98 Å². The van der Waals surface area contributed by atoms with Crippen LogP contribution in [0.1, 0.15) is 32.5 Å². The molecule has 0 saturated heterocycles. The van der Waals surface area contributed by atoms with Crippen molar-refractivity contribution in [1.29, 1.82) is 0 Å². The van der Waals surface area contributed by atoms with Crippen LogP contribution in [0.25, 0.3) is 0 Å². The van der Waals surface area contributed by atoms with Crippen LogP contribution in [-0.4, -0.2) is 16.1 Å². The van der Waals surface area contributed by atoms with Crippen molar-refractivity contribution in [2.45, 2.75) is 39.8 Å². The minimum Gasteiger partial charge on any atom is -0.334 e. The molecule has 1 heterocycles. The van der Waals surface area contributed by atoms with Crippen LogP contribution in [0.2, 0.25) is 0 Å². The maximum absolute atomic E-state index is 4.37. The van der Waals surface area contributed by atoms with Crippen molar-refractivity contribution in [3.8, 4) is 0 Å². The highest BCUT2D eigenvalue weighted by Crippen LogP contribution is 2.36. The van der Waals surface area contributed by atoms with Crippen LogP contribution in [0.5, 0.6) is 0 Å². The molecule has 1 N–H and O–H groups in total. The summed E-state index contributed by atoms with van der Waals surface area (Å²) in [7, 11) is 0. The number of hydrogen-bond acceptors (Lipinski definition) is 2.